The van der Waals surface area contributed by atoms with Gasteiger partial charge in [-0.3, -0.25) is 0 Å². The standard InChI is InChI=1S/C11H16N4.2C9H12N4/c1-3-10-5-12-7-14(10)9-15-8-13-6-11(15)4-2;2*1-12-5-3-10-8(12)7-9-11-4-6-13(9)2/h5-8H,3-4,9H2,1-2H3;2*3-6H,7H2,1-2H3/p+6. The minimum Gasteiger partial charge on any atom is -0.250 e. The molecule has 41 heavy (non-hydrogen) atoms. The van der Waals surface area contributed by atoms with Gasteiger partial charge in [-0.25, -0.2) is 48.2 Å². The first-order valence-electron chi connectivity index (χ1n) is 14.1. The smallest absolute Gasteiger partial charge is 0.250 e. The average Bonchev–Trinajstić information content (AvgIpc) is 3.81. The molecule has 0 aliphatic heterocycles. The molecule has 0 aromatic carbocycles. The van der Waals surface area contributed by atoms with Crippen LogP contribution in [0.5, 0.6) is 0 Å². The lowest BCUT2D eigenvalue weighted by Gasteiger charge is -1.98. The van der Waals surface area contributed by atoms with Gasteiger partial charge in [0.15, 0.2) is 12.8 Å². The molecule has 0 atom stereocenters. The molecule has 0 bridgehead atoms. The van der Waals surface area contributed by atoms with Gasteiger partial charge in [0.25, 0.3) is 23.3 Å². The first kappa shape index (κ1) is 29.2. The van der Waals surface area contributed by atoms with Gasteiger partial charge in [0, 0.05) is 12.8 Å². The van der Waals surface area contributed by atoms with Crippen molar-refractivity contribution in [2.75, 3.05) is 0 Å². The van der Waals surface area contributed by atoms with E-state index in [1.54, 1.807) is 0 Å². The molecule has 6 N–H and O–H groups in total. The molecule has 0 saturated heterocycles. The summed E-state index contributed by atoms with van der Waals surface area (Å²) in [6, 6.07) is 0. The largest absolute Gasteiger partial charge is 0.266 e. The second-order valence-electron chi connectivity index (χ2n) is 10.1. The molecule has 0 unspecified atom stereocenters. The van der Waals surface area contributed by atoms with Crippen molar-refractivity contribution >= 4 is 0 Å². The summed E-state index contributed by atoms with van der Waals surface area (Å²) < 4.78 is 12.8. The summed E-state index contributed by atoms with van der Waals surface area (Å²) >= 11 is 0. The molecular weight excluding hydrogens is 516 g/mol. The Bertz CT molecular complexity index is 1410. The number of nitrogens with one attached hydrogen (secondary N) is 6. The lowest BCUT2D eigenvalue weighted by Crippen LogP contribution is -2.53. The third-order valence-electron chi connectivity index (χ3n) is 7.29. The number of imidazole rings is 6. The van der Waals surface area contributed by atoms with Crippen LogP contribution in [0.2, 0.25) is 0 Å². The molecule has 0 amide bonds. The molecule has 12 nitrogen and oxygen atoms in total. The number of rotatable bonds is 8. The first-order valence-corrected chi connectivity index (χ1v) is 14.1. The normalized spacial score (nSPS) is 10.7. The molecule has 0 fully saturated rings. The monoisotopic (exact) mass is 562 g/mol. The van der Waals surface area contributed by atoms with E-state index in [0.717, 1.165) is 32.4 Å². The number of nitrogens with zero attached hydrogens (tertiary/aromatic N) is 6. The summed E-state index contributed by atoms with van der Waals surface area (Å²) in [4.78, 5) is 19.1. The fourth-order valence-electron chi connectivity index (χ4n) is 4.58. The maximum Gasteiger partial charge on any atom is 0.266 e. The van der Waals surface area contributed by atoms with E-state index in [1.165, 1.54) is 34.7 Å². The molecule has 12 heteroatoms. The van der Waals surface area contributed by atoms with Gasteiger partial charge >= 0.3 is 0 Å². The topological polar surface area (TPSA) is 118 Å². The lowest BCUT2D eigenvalue weighted by molar-refractivity contribution is -0.917. The molecule has 0 aliphatic carbocycles. The van der Waals surface area contributed by atoms with E-state index in [9.17, 15) is 0 Å². The number of H-pyrrole nitrogens is 6. The molecule has 6 heterocycles. The van der Waals surface area contributed by atoms with Gasteiger partial charge in [-0.15, -0.1) is 0 Å². The van der Waals surface area contributed by atoms with Gasteiger partial charge in [-0.2, -0.15) is 9.13 Å². The Labute approximate surface area is 241 Å². The van der Waals surface area contributed by atoms with Crippen LogP contribution in [-0.4, -0.2) is 29.9 Å². The Morgan fingerprint density at radius 1 is 0.512 bits per heavy atom. The van der Waals surface area contributed by atoms with Crippen molar-refractivity contribution in [3.05, 3.63) is 109 Å². The number of hydrogen-bond acceptors (Lipinski definition) is 0. The van der Waals surface area contributed by atoms with Gasteiger partial charge in [0.05, 0.1) is 28.2 Å². The molecule has 6 aromatic rings. The molecular formula is C29H46N12+6. The van der Waals surface area contributed by atoms with Crippen LogP contribution in [-0.2, 0) is 60.5 Å². The molecule has 0 aliphatic rings. The average molecular weight is 563 g/mol. The van der Waals surface area contributed by atoms with E-state index in [0.29, 0.717) is 0 Å². The SMILES string of the molecule is CCc1c[nH]c[n+]1C[n+]1c[nH]cc1CC.C[n+]1cc[nH]c1Cc1[nH]cc[n+]1C.C[n+]1cc[nH]c1Cc1[nH]cc[n+]1C. The lowest BCUT2D eigenvalue weighted by atomic mass is 10.3. The third-order valence-corrected chi connectivity index (χ3v) is 7.29. The number of aryl methyl sites for hydroxylation is 6. The zero-order valence-electron chi connectivity index (χ0n) is 25.1. The van der Waals surface area contributed by atoms with E-state index < -0.39 is 0 Å². The Kier molecular flexibility index (Phi) is 10.0. The van der Waals surface area contributed by atoms with Crippen molar-refractivity contribution < 1.29 is 27.4 Å². The summed E-state index contributed by atoms with van der Waals surface area (Å²) in [5.74, 6) is 4.77. The molecule has 6 rings (SSSR count). The third kappa shape index (κ3) is 7.68. The maximum atomic E-state index is 3.20. The van der Waals surface area contributed by atoms with Crippen LogP contribution < -0.4 is 27.4 Å². The van der Waals surface area contributed by atoms with E-state index in [1.807, 2.05) is 90.4 Å². The number of aromatic amines is 6. The predicted molar refractivity (Wildman–Crippen MR) is 150 cm³/mol. The van der Waals surface area contributed by atoms with Crippen molar-refractivity contribution in [3.8, 4) is 0 Å². The van der Waals surface area contributed by atoms with Crippen molar-refractivity contribution in [3.63, 3.8) is 0 Å². The first-order chi connectivity index (χ1) is 19.9. The molecule has 0 spiro atoms. The zero-order valence-corrected chi connectivity index (χ0v) is 25.1. The van der Waals surface area contributed by atoms with Gasteiger partial charge in [0.2, 0.25) is 19.3 Å². The van der Waals surface area contributed by atoms with Crippen molar-refractivity contribution in [2.45, 2.75) is 46.2 Å². The summed E-state index contributed by atoms with van der Waals surface area (Å²) in [6.45, 7) is 5.21. The van der Waals surface area contributed by atoms with Crippen LogP contribution in [0.15, 0.2) is 74.6 Å². The highest BCUT2D eigenvalue weighted by Crippen LogP contribution is 1.95. The van der Waals surface area contributed by atoms with E-state index >= 15 is 0 Å². The number of hydrogen-bond donors (Lipinski definition) is 6. The van der Waals surface area contributed by atoms with Crippen LogP contribution in [0.4, 0.5) is 0 Å². The Morgan fingerprint density at radius 2 is 0.829 bits per heavy atom. The second kappa shape index (κ2) is 14.1. The molecule has 216 valence electrons. The van der Waals surface area contributed by atoms with E-state index in [-0.39, 0.29) is 0 Å². The summed E-state index contributed by atoms with van der Waals surface area (Å²) in [6.07, 6.45) is 27.8. The van der Waals surface area contributed by atoms with Crippen LogP contribution >= 0.6 is 0 Å². The highest BCUT2D eigenvalue weighted by molar-refractivity contribution is 4.91. The van der Waals surface area contributed by atoms with Crippen LogP contribution in [0.1, 0.15) is 48.5 Å². The van der Waals surface area contributed by atoms with Crippen molar-refractivity contribution in [1.82, 2.24) is 29.9 Å². The summed E-state index contributed by atoms with van der Waals surface area (Å²) in [7, 11) is 8.15. The highest BCUT2D eigenvalue weighted by atomic mass is 15.2. The fraction of sp³-hybridized carbons (Fsp3) is 0.379. The highest BCUT2D eigenvalue weighted by Gasteiger charge is 2.16. The summed E-state index contributed by atoms with van der Waals surface area (Å²) in [5, 5.41) is 0. The van der Waals surface area contributed by atoms with E-state index in [2.05, 4.69) is 83.5 Å². The molecule has 0 radical (unpaired) electrons. The molecule has 6 aromatic heterocycles. The van der Waals surface area contributed by atoms with Crippen LogP contribution in [0.25, 0.3) is 0 Å². The fourth-order valence-corrected chi connectivity index (χ4v) is 4.58. The van der Waals surface area contributed by atoms with Crippen LogP contribution in [0, 0.1) is 0 Å². The number of aromatic nitrogens is 12. The minimum absolute atomic E-state index is 0.874. The zero-order chi connectivity index (χ0) is 29.2. The second-order valence-corrected chi connectivity index (χ2v) is 10.1. The Balaban J connectivity index is 0.000000142. The Morgan fingerprint density at radius 3 is 1.07 bits per heavy atom. The quantitative estimate of drug-likeness (QED) is 0.137. The summed E-state index contributed by atoms with van der Waals surface area (Å²) in [5.41, 5.74) is 2.65. The van der Waals surface area contributed by atoms with E-state index in [4.69, 9.17) is 0 Å². The van der Waals surface area contributed by atoms with Gasteiger partial charge < -0.3 is 0 Å². The van der Waals surface area contributed by atoms with Crippen LogP contribution in [0.3, 0.4) is 0 Å². The predicted octanol–water partition coefficient (Wildman–Crippen LogP) is -0.286. The van der Waals surface area contributed by atoms with Gasteiger partial charge in [-0.1, -0.05) is 13.8 Å². The van der Waals surface area contributed by atoms with Crippen molar-refractivity contribution in [1.29, 1.82) is 0 Å². The minimum atomic E-state index is 0.874. The van der Waals surface area contributed by atoms with Gasteiger partial charge in [0.1, 0.15) is 73.4 Å². The van der Waals surface area contributed by atoms with Gasteiger partial charge in [-0.05, 0) is 0 Å². The molecule has 0 saturated carbocycles. The van der Waals surface area contributed by atoms with Crippen molar-refractivity contribution in [2.24, 2.45) is 28.2 Å². The Hall–Kier alpha value is -4.74. The maximum absolute atomic E-state index is 3.20.